The lowest BCUT2D eigenvalue weighted by Crippen LogP contribution is -2.32. The minimum absolute atomic E-state index is 0.581. The van der Waals surface area contributed by atoms with E-state index in [2.05, 4.69) is 32.6 Å². The largest absolute Gasteiger partial charge is 0.303 e. The molecule has 14 heavy (non-hydrogen) atoms. The Kier molecular flexibility index (Phi) is 8.20. The molecule has 0 aromatic heterocycles. The Morgan fingerprint density at radius 1 is 0.929 bits per heavy atom. The smallest absolute Gasteiger partial charge is 0.0100 e. The van der Waals surface area contributed by atoms with Gasteiger partial charge in [-0.25, -0.2) is 0 Å². The standard InChI is InChI=1S/C12H27N2/c1-11(2)9-14(10-12(3)4)8-6-5-7-13/h11-13H,5-10H2,1-4H3. The monoisotopic (exact) mass is 199 g/mol. The average Bonchev–Trinajstić information content (AvgIpc) is 2.02. The van der Waals surface area contributed by atoms with Crippen LogP contribution in [-0.4, -0.2) is 31.1 Å². The van der Waals surface area contributed by atoms with Crippen LogP contribution in [-0.2, 0) is 0 Å². The summed E-state index contributed by atoms with van der Waals surface area (Å²) in [5.74, 6) is 1.51. The summed E-state index contributed by atoms with van der Waals surface area (Å²) in [6.45, 7) is 13.3. The third-order valence-corrected chi connectivity index (χ3v) is 2.15. The van der Waals surface area contributed by atoms with E-state index in [1.807, 2.05) is 0 Å². The molecule has 2 nitrogen and oxygen atoms in total. The van der Waals surface area contributed by atoms with E-state index < -0.39 is 0 Å². The molecule has 0 spiro atoms. The zero-order valence-electron chi connectivity index (χ0n) is 10.3. The van der Waals surface area contributed by atoms with Crippen LogP contribution in [0.2, 0.25) is 0 Å². The number of hydrogen-bond acceptors (Lipinski definition) is 1. The third kappa shape index (κ3) is 8.52. The van der Waals surface area contributed by atoms with Crippen molar-refractivity contribution in [3.8, 4) is 0 Å². The highest BCUT2D eigenvalue weighted by molar-refractivity contribution is 4.62. The molecule has 0 aliphatic rings. The SMILES string of the molecule is CC(C)CN(CCCC[NH])CC(C)C. The van der Waals surface area contributed by atoms with Gasteiger partial charge in [0.1, 0.15) is 0 Å². The fraction of sp³-hybridized carbons (Fsp3) is 1.00. The summed E-state index contributed by atoms with van der Waals surface area (Å²) in [4.78, 5) is 2.55. The molecular weight excluding hydrogens is 172 g/mol. The first-order valence-corrected chi connectivity index (χ1v) is 5.93. The molecule has 0 bridgehead atoms. The molecule has 0 aliphatic carbocycles. The molecule has 0 fully saturated rings. The molecule has 2 heteroatoms. The summed E-state index contributed by atoms with van der Waals surface area (Å²) in [5.41, 5.74) is 7.11. The van der Waals surface area contributed by atoms with Gasteiger partial charge in [-0.05, 0) is 31.2 Å². The van der Waals surface area contributed by atoms with Crippen molar-refractivity contribution in [1.82, 2.24) is 10.6 Å². The second-order valence-corrected chi connectivity index (χ2v) is 5.00. The molecule has 0 aromatic carbocycles. The van der Waals surface area contributed by atoms with Crippen LogP contribution < -0.4 is 5.73 Å². The fourth-order valence-corrected chi connectivity index (χ4v) is 1.75. The van der Waals surface area contributed by atoms with Crippen LogP contribution in [0.4, 0.5) is 0 Å². The third-order valence-electron chi connectivity index (χ3n) is 2.15. The summed E-state index contributed by atoms with van der Waals surface area (Å²) in [7, 11) is 0. The Bertz CT molecular complexity index is 111. The maximum absolute atomic E-state index is 7.11. The van der Waals surface area contributed by atoms with E-state index in [-0.39, 0.29) is 0 Å². The van der Waals surface area contributed by atoms with Crippen LogP contribution >= 0.6 is 0 Å². The van der Waals surface area contributed by atoms with Crippen molar-refractivity contribution in [2.75, 3.05) is 26.2 Å². The number of rotatable bonds is 8. The predicted octanol–water partition coefficient (Wildman–Crippen LogP) is 2.66. The highest BCUT2D eigenvalue weighted by atomic mass is 15.1. The molecule has 0 heterocycles. The van der Waals surface area contributed by atoms with Crippen LogP contribution in [0.15, 0.2) is 0 Å². The second-order valence-electron chi connectivity index (χ2n) is 5.00. The highest BCUT2D eigenvalue weighted by Gasteiger charge is 2.08. The molecule has 0 rings (SSSR count). The van der Waals surface area contributed by atoms with Gasteiger partial charge in [-0.15, -0.1) is 0 Å². The van der Waals surface area contributed by atoms with Crippen molar-refractivity contribution in [2.45, 2.75) is 40.5 Å². The Morgan fingerprint density at radius 3 is 1.79 bits per heavy atom. The predicted molar refractivity (Wildman–Crippen MR) is 63.3 cm³/mol. The van der Waals surface area contributed by atoms with Gasteiger partial charge < -0.3 is 4.90 Å². The Morgan fingerprint density at radius 2 is 1.43 bits per heavy atom. The van der Waals surface area contributed by atoms with Gasteiger partial charge in [-0.3, -0.25) is 5.73 Å². The molecule has 0 saturated heterocycles. The van der Waals surface area contributed by atoms with Crippen LogP contribution in [0.5, 0.6) is 0 Å². The lowest BCUT2D eigenvalue weighted by atomic mass is 10.1. The first-order valence-electron chi connectivity index (χ1n) is 5.93. The van der Waals surface area contributed by atoms with Gasteiger partial charge in [0.15, 0.2) is 0 Å². The van der Waals surface area contributed by atoms with Crippen LogP contribution in [0.25, 0.3) is 0 Å². The van der Waals surface area contributed by atoms with E-state index in [1.165, 1.54) is 26.1 Å². The molecule has 1 N–H and O–H groups in total. The number of unbranched alkanes of at least 4 members (excludes halogenated alkanes) is 1. The fourth-order valence-electron chi connectivity index (χ4n) is 1.75. The quantitative estimate of drug-likeness (QED) is 0.552. The Labute approximate surface area is 89.9 Å². The van der Waals surface area contributed by atoms with E-state index in [1.54, 1.807) is 0 Å². The maximum atomic E-state index is 7.11. The Hall–Kier alpha value is -0.0800. The number of nitrogens with one attached hydrogen (secondary N) is 1. The van der Waals surface area contributed by atoms with Crippen molar-refractivity contribution >= 4 is 0 Å². The van der Waals surface area contributed by atoms with Gasteiger partial charge in [0, 0.05) is 19.6 Å². The summed E-state index contributed by atoms with van der Waals surface area (Å²) >= 11 is 0. The van der Waals surface area contributed by atoms with Crippen molar-refractivity contribution in [3.63, 3.8) is 0 Å². The molecule has 1 radical (unpaired) electrons. The molecule has 0 unspecified atom stereocenters. The van der Waals surface area contributed by atoms with E-state index in [0.29, 0.717) is 6.54 Å². The lowest BCUT2D eigenvalue weighted by molar-refractivity contribution is 0.216. The van der Waals surface area contributed by atoms with E-state index in [4.69, 9.17) is 5.73 Å². The zero-order chi connectivity index (χ0) is 11.0. The van der Waals surface area contributed by atoms with E-state index >= 15 is 0 Å². The van der Waals surface area contributed by atoms with Crippen LogP contribution in [0, 0.1) is 11.8 Å². The van der Waals surface area contributed by atoms with E-state index in [9.17, 15) is 0 Å². The van der Waals surface area contributed by atoms with Crippen molar-refractivity contribution in [3.05, 3.63) is 0 Å². The van der Waals surface area contributed by atoms with Crippen molar-refractivity contribution < 1.29 is 0 Å². The molecule has 0 atom stereocenters. The van der Waals surface area contributed by atoms with Gasteiger partial charge in [0.25, 0.3) is 0 Å². The van der Waals surface area contributed by atoms with Gasteiger partial charge in [0.05, 0.1) is 0 Å². The van der Waals surface area contributed by atoms with E-state index in [0.717, 1.165) is 18.3 Å². The van der Waals surface area contributed by atoms with Crippen LogP contribution in [0.1, 0.15) is 40.5 Å². The molecule has 0 aliphatic heterocycles. The van der Waals surface area contributed by atoms with Gasteiger partial charge in [0.2, 0.25) is 0 Å². The summed E-state index contributed by atoms with van der Waals surface area (Å²) < 4.78 is 0. The number of nitrogens with zero attached hydrogens (tertiary/aromatic N) is 1. The van der Waals surface area contributed by atoms with Crippen LogP contribution in [0.3, 0.4) is 0 Å². The lowest BCUT2D eigenvalue weighted by Gasteiger charge is -2.25. The molecule has 0 aromatic rings. The zero-order valence-corrected chi connectivity index (χ0v) is 10.3. The minimum Gasteiger partial charge on any atom is -0.303 e. The summed E-state index contributed by atoms with van der Waals surface area (Å²) in [6.07, 6.45) is 2.23. The Balaban J connectivity index is 3.72. The van der Waals surface area contributed by atoms with Gasteiger partial charge >= 0.3 is 0 Å². The molecule has 0 saturated carbocycles. The van der Waals surface area contributed by atoms with Gasteiger partial charge in [-0.2, -0.15) is 0 Å². The molecule has 0 amide bonds. The second kappa shape index (κ2) is 8.25. The minimum atomic E-state index is 0.581. The first kappa shape index (κ1) is 13.9. The van der Waals surface area contributed by atoms with Gasteiger partial charge in [-0.1, -0.05) is 27.7 Å². The molecule has 85 valence electrons. The first-order chi connectivity index (χ1) is 6.56. The number of hydrogen-bond donors (Lipinski definition) is 0. The average molecular weight is 199 g/mol. The molecular formula is C12H27N2. The highest BCUT2D eigenvalue weighted by Crippen LogP contribution is 2.05. The maximum Gasteiger partial charge on any atom is 0.0100 e. The van der Waals surface area contributed by atoms with Crippen molar-refractivity contribution in [2.24, 2.45) is 11.8 Å². The normalized spacial score (nSPS) is 12.0. The topological polar surface area (TPSA) is 27.0 Å². The van der Waals surface area contributed by atoms with Crippen molar-refractivity contribution in [1.29, 1.82) is 0 Å². The summed E-state index contributed by atoms with van der Waals surface area (Å²) in [6, 6.07) is 0. The summed E-state index contributed by atoms with van der Waals surface area (Å²) in [5, 5.41) is 0.